The van der Waals surface area contributed by atoms with Crippen molar-refractivity contribution in [3.8, 4) is 0 Å². The number of allylic oxidation sites excluding steroid dienone is 1. The number of hydrogen-bond acceptors (Lipinski definition) is 8. The van der Waals surface area contributed by atoms with Crippen LogP contribution in [-0.4, -0.2) is 95.2 Å². The van der Waals surface area contributed by atoms with Gasteiger partial charge in [-0.05, 0) is 49.3 Å². The summed E-state index contributed by atoms with van der Waals surface area (Å²) in [6, 6.07) is 12.2. The molecule has 2 bridgehead atoms. The molecule has 54 heavy (non-hydrogen) atoms. The first kappa shape index (κ1) is 41.3. The summed E-state index contributed by atoms with van der Waals surface area (Å²) in [6.45, 7) is 15.2. The van der Waals surface area contributed by atoms with Crippen LogP contribution in [0.1, 0.15) is 62.3 Å². The number of aliphatic hydroxyl groups excluding tert-OH is 1. The number of amides is 3. The summed E-state index contributed by atoms with van der Waals surface area (Å²) in [5, 5.41) is 13.8. The van der Waals surface area contributed by atoms with E-state index in [-0.39, 0.29) is 55.2 Å². The van der Waals surface area contributed by atoms with Crippen molar-refractivity contribution in [3.63, 3.8) is 0 Å². The minimum atomic E-state index is -1.40. The lowest BCUT2D eigenvalue weighted by atomic mass is 9.70. The summed E-state index contributed by atoms with van der Waals surface area (Å²) in [5.74, 6) is -4.09. The van der Waals surface area contributed by atoms with E-state index in [4.69, 9.17) is 14.2 Å². The number of anilines is 1. The third-order valence-electron chi connectivity index (χ3n) is 11.4. The summed E-state index contributed by atoms with van der Waals surface area (Å²) in [4.78, 5) is 60.8. The highest BCUT2D eigenvalue weighted by Gasteiger charge is 2.78. The van der Waals surface area contributed by atoms with Crippen molar-refractivity contribution >= 4 is 45.3 Å². The summed E-state index contributed by atoms with van der Waals surface area (Å²) in [7, 11) is 1.50. The van der Waals surface area contributed by atoms with Crippen LogP contribution in [0.3, 0.4) is 0 Å². The van der Waals surface area contributed by atoms with E-state index >= 15 is 9.59 Å². The number of benzene rings is 2. The smallest absolute Gasteiger partial charge is 0.313 e. The van der Waals surface area contributed by atoms with Gasteiger partial charge in [0.1, 0.15) is 17.7 Å². The number of ether oxygens (including phenoxy) is 3. The SMILES string of the molecule is C=CCCC(=O)N[C@@H](COC)[C@@H](OC(=O)[C@@H]1[C@H]2O[C@@]3(CC2Br)[C@H](C(=O)N(CC=C)c2c(C)cccc2C)N([C@@H](CO)[C@@H](C)CC)C(=O)[C@@H]13)c1ccccc1. The number of rotatable bonds is 18. The van der Waals surface area contributed by atoms with Crippen molar-refractivity contribution in [3.05, 3.63) is 90.5 Å². The zero-order valence-electron chi connectivity index (χ0n) is 31.9. The van der Waals surface area contributed by atoms with Gasteiger partial charge in [0.25, 0.3) is 5.91 Å². The number of hydrogen-bond donors (Lipinski definition) is 2. The van der Waals surface area contributed by atoms with Crippen molar-refractivity contribution in [2.75, 3.05) is 31.8 Å². The number of para-hydroxylation sites is 1. The van der Waals surface area contributed by atoms with Crippen LogP contribution in [0.25, 0.3) is 0 Å². The zero-order chi connectivity index (χ0) is 39.3. The lowest BCUT2D eigenvalue weighted by Gasteiger charge is -2.41. The van der Waals surface area contributed by atoms with Gasteiger partial charge in [-0.3, -0.25) is 19.2 Å². The molecule has 1 spiro atoms. The molecule has 2 N–H and O–H groups in total. The van der Waals surface area contributed by atoms with Gasteiger partial charge in [-0.15, -0.1) is 13.2 Å². The van der Waals surface area contributed by atoms with Crippen LogP contribution in [0, 0.1) is 31.6 Å². The number of nitrogens with zero attached hydrogens (tertiary/aromatic N) is 2. The number of aryl methyl sites for hydroxylation is 2. The van der Waals surface area contributed by atoms with Crippen molar-refractivity contribution < 1.29 is 38.5 Å². The monoisotopic (exact) mass is 807 g/mol. The predicted molar refractivity (Wildman–Crippen MR) is 210 cm³/mol. The molecule has 5 rings (SSSR count). The second-order valence-corrected chi connectivity index (χ2v) is 15.9. The van der Waals surface area contributed by atoms with E-state index in [0.717, 1.165) is 11.1 Å². The molecule has 292 valence electrons. The molecule has 3 aliphatic heterocycles. The molecule has 1 unspecified atom stereocenters. The van der Waals surface area contributed by atoms with Crippen molar-refractivity contribution in [1.29, 1.82) is 0 Å². The number of carbonyl (C=O) groups is 4. The summed E-state index contributed by atoms with van der Waals surface area (Å²) in [5.41, 5.74) is 1.69. The standard InChI is InChI=1S/C42H54BrN3O8/c1-8-11-20-32(48)44-30(24-52-7)36(28-18-13-12-14-19-28)53-41(51)33-34-39(49)46(31(23-47)25(4)10-3)38(42(34)22-29(43)37(33)54-42)40(50)45(21-9-2)35-26(5)16-15-17-27(35)6/h8-9,12-19,25,29-31,33-34,36-38,47H,1-2,10-11,20-24H2,3-7H3,(H,44,48)/t25-,29?,30-,31-,33-,34+,36-,37-,38-,42+/m0/s1. The number of nitrogens with one attached hydrogen (secondary N) is 1. The maximum absolute atomic E-state index is 15.3. The largest absolute Gasteiger partial charge is 0.455 e. The van der Waals surface area contributed by atoms with Crippen molar-refractivity contribution in [2.24, 2.45) is 17.8 Å². The Morgan fingerprint density at radius 3 is 2.41 bits per heavy atom. The molecule has 0 saturated carbocycles. The zero-order valence-corrected chi connectivity index (χ0v) is 33.5. The van der Waals surface area contributed by atoms with Gasteiger partial charge in [-0.2, -0.15) is 0 Å². The quantitative estimate of drug-likeness (QED) is 0.117. The van der Waals surface area contributed by atoms with E-state index in [1.807, 2.05) is 64.1 Å². The molecule has 11 nitrogen and oxygen atoms in total. The Balaban J connectivity index is 1.60. The Morgan fingerprint density at radius 2 is 1.81 bits per heavy atom. The number of halogens is 1. The van der Waals surface area contributed by atoms with Gasteiger partial charge in [0.15, 0.2) is 0 Å². The Morgan fingerprint density at radius 1 is 1.13 bits per heavy atom. The summed E-state index contributed by atoms with van der Waals surface area (Å²) in [6.07, 6.45) is 3.13. The third-order valence-corrected chi connectivity index (χ3v) is 12.2. The van der Waals surface area contributed by atoms with Crippen LogP contribution in [0.2, 0.25) is 0 Å². The van der Waals surface area contributed by atoms with Crippen molar-refractivity contribution in [2.45, 2.75) is 94.1 Å². The number of aliphatic hydroxyl groups is 1. The van der Waals surface area contributed by atoms with Crippen LogP contribution in [0.4, 0.5) is 5.69 Å². The average molecular weight is 809 g/mol. The highest BCUT2D eigenvalue weighted by atomic mass is 79.9. The molecule has 10 atom stereocenters. The molecule has 12 heteroatoms. The molecule has 3 saturated heterocycles. The Kier molecular flexibility index (Phi) is 13.6. The highest BCUT2D eigenvalue weighted by Crippen LogP contribution is 2.61. The van der Waals surface area contributed by atoms with E-state index in [2.05, 4.69) is 34.4 Å². The molecular formula is C42H54BrN3O8. The van der Waals surface area contributed by atoms with Crippen LogP contribution >= 0.6 is 15.9 Å². The van der Waals surface area contributed by atoms with Gasteiger partial charge in [0.2, 0.25) is 11.8 Å². The number of likely N-dealkylation sites (tertiary alicyclic amines) is 1. The molecule has 3 fully saturated rings. The topological polar surface area (TPSA) is 135 Å². The van der Waals surface area contributed by atoms with E-state index < -0.39 is 59.6 Å². The van der Waals surface area contributed by atoms with Crippen LogP contribution in [0.5, 0.6) is 0 Å². The number of carbonyl (C=O) groups excluding carboxylic acids is 4. The maximum Gasteiger partial charge on any atom is 0.313 e. The molecule has 3 heterocycles. The Labute approximate surface area is 327 Å². The highest BCUT2D eigenvalue weighted by molar-refractivity contribution is 9.09. The molecule has 3 amide bonds. The Hall–Kier alpha value is -3.84. The second-order valence-electron chi connectivity index (χ2n) is 14.7. The van der Waals surface area contributed by atoms with E-state index in [1.54, 1.807) is 29.2 Å². The Bertz CT molecular complexity index is 1690. The third kappa shape index (κ3) is 7.67. The van der Waals surface area contributed by atoms with E-state index in [9.17, 15) is 14.7 Å². The lowest BCUT2D eigenvalue weighted by molar-refractivity contribution is -0.163. The molecule has 2 aromatic carbocycles. The molecule has 0 aromatic heterocycles. The number of esters is 1. The normalized spacial score (nSPS) is 26.4. The summed E-state index contributed by atoms with van der Waals surface area (Å²) < 4.78 is 18.7. The number of alkyl halides is 1. The fourth-order valence-electron chi connectivity index (χ4n) is 8.71. The van der Waals surface area contributed by atoms with E-state index in [1.165, 1.54) is 12.0 Å². The number of methoxy groups -OCH3 is 1. The van der Waals surface area contributed by atoms with Crippen molar-refractivity contribution in [1.82, 2.24) is 10.2 Å². The van der Waals surface area contributed by atoms with Gasteiger partial charge in [0, 0.05) is 30.6 Å². The minimum absolute atomic E-state index is 0.0412. The molecular weight excluding hydrogens is 754 g/mol. The molecule has 0 radical (unpaired) electrons. The van der Waals surface area contributed by atoms with Crippen LogP contribution < -0.4 is 10.2 Å². The van der Waals surface area contributed by atoms with E-state index in [0.29, 0.717) is 24.1 Å². The fraction of sp³-hybridized carbons (Fsp3) is 0.524. The first-order valence-electron chi connectivity index (χ1n) is 18.8. The minimum Gasteiger partial charge on any atom is -0.455 e. The van der Waals surface area contributed by atoms with Gasteiger partial charge < -0.3 is 34.4 Å². The van der Waals surface area contributed by atoms with Crippen LogP contribution in [-0.2, 0) is 33.4 Å². The van der Waals surface area contributed by atoms with Gasteiger partial charge in [0.05, 0.1) is 43.2 Å². The average Bonchev–Trinajstić information content (AvgIpc) is 3.75. The first-order valence-corrected chi connectivity index (χ1v) is 19.7. The fourth-order valence-corrected chi connectivity index (χ4v) is 9.66. The molecule has 3 aliphatic rings. The van der Waals surface area contributed by atoms with Gasteiger partial charge in [-0.25, -0.2) is 0 Å². The molecule has 0 aliphatic carbocycles. The lowest BCUT2D eigenvalue weighted by Crippen LogP contribution is -2.60. The molecule has 2 aromatic rings. The van der Waals surface area contributed by atoms with Gasteiger partial charge >= 0.3 is 5.97 Å². The van der Waals surface area contributed by atoms with Gasteiger partial charge in [-0.1, -0.05) is 96.9 Å². The predicted octanol–water partition coefficient (Wildman–Crippen LogP) is 5.36. The first-order chi connectivity index (χ1) is 25.9. The summed E-state index contributed by atoms with van der Waals surface area (Å²) >= 11 is 3.77. The second kappa shape index (κ2) is 17.7. The van der Waals surface area contributed by atoms with Crippen LogP contribution in [0.15, 0.2) is 73.8 Å². The maximum atomic E-state index is 15.3. The number of fused-ring (bicyclic) bond motifs is 1.